The lowest BCUT2D eigenvalue weighted by molar-refractivity contribution is -0.143. The average Bonchev–Trinajstić information content (AvgIpc) is 2.80. The number of hydrogen-bond donors (Lipinski definition) is 9. The Kier molecular flexibility index (Phi) is 16.2. The van der Waals surface area contributed by atoms with Gasteiger partial charge in [-0.1, -0.05) is 20.3 Å². The minimum Gasteiger partial charge on any atom is -0.481 e. The molecule has 15 heteroatoms. The minimum absolute atomic E-state index is 0.0387. The van der Waals surface area contributed by atoms with Crippen molar-refractivity contribution < 1.29 is 34.2 Å². The van der Waals surface area contributed by atoms with Crippen molar-refractivity contribution in [3.05, 3.63) is 0 Å². The van der Waals surface area contributed by atoms with Crippen LogP contribution in [0.4, 0.5) is 0 Å². The molecule has 3 amide bonds. The molecule has 13 N–H and O–H groups in total. The largest absolute Gasteiger partial charge is 0.481 e. The Bertz CT molecular complexity index is 802. The maximum absolute atomic E-state index is 13.1. The Morgan fingerprint density at radius 2 is 1.43 bits per heavy atom. The Hall–Kier alpha value is -3.46. The zero-order valence-electron chi connectivity index (χ0n) is 21.4. The third-order valence-corrected chi connectivity index (χ3v) is 5.39. The Morgan fingerprint density at radius 1 is 0.811 bits per heavy atom. The van der Waals surface area contributed by atoms with Gasteiger partial charge in [-0.2, -0.15) is 0 Å². The number of nitrogens with two attached hydrogens (primary N) is 4. The monoisotopic (exact) mass is 530 g/mol. The van der Waals surface area contributed by atoms with Crippen LogP contribution in [0.1, 0.15) is 58.8 Å². The molecule has 37 heavy (non-hydrogen) atoms. The molecule has 0 saturated heterocycles. The number of carbonyl (C=O) groups is 5. The van der Waals surface area contributed by atoms with Gasteiger partial charge in [0.05, 0.1) is 6.04 Å². The molecule has 15 nitrogen and oxygen atoms in total. The maximum atomic E-state index is 13.1. The third-order valence-electron chi connectivity index (χ3n) is 5.39. The normalized spacial score (nSPS) is 14.1. The van der Waals surface area contributed by atoms with E-state index in [9.17, 15) is 29.1 Å². The summed E-state index contributed by atoms with van der Waals surface area (Å²) in [5.74, 6) is -5.20. The highest BCUT2D eigenvalue weighted by molar-refractivity contribution is 5.94. The van der Waals surface area contributed by atoms with Gasteiger partial charge in [0.2, 0.25) is 17.7 Å². The molecule has 212 valence electrons. The van der Waals surface area contributed by atoms with E-state index in [1.54, 1.807) is 13.8 Å². The molecule has 0 aliphatic heterocycles. The highest BCUT2D eigenvalue weighted by Crippen LogP contribution is 2.08. The van der Waals surface area contributed by atoms with E-state index in [4.69, 9.17) is 28.0 Å². The summed E-state index contributed by atoms with van der Waals surface area (Å²) < 4.78 is 0. The number of hydrogen-bond acceptors (Lipinski definition) is 8. The fraction of sp³-hybridized carbons (Fsp3) is 0.727. The molecule has 0 heterocycles. The summed E-state index contributed by atoms with van der Waals surface area (Å²) in [6.45, 7) is 4.01. The summed E-state index contributed by atoms with van der Waals surface area (Å²) in [6, 6.07) is -4.55. The van der Waals surface area contributed by atoms with Gasteiger partial charge in [-0.15, -0.1) is 0 Å². The van der Waals surface area contributed by atoms with E-state index in [0.717, 1.165) is 0 Å². The number of nitrogens with one attached hydrogen (secondary N) is 3. The lowest BCUT2D eigenvalue weighted by Gasteiger charge is -2.27. The van der Waals surface area contributed by atoms with Gasteiger partial charge in [0.15, 0.2) is 5.96 Å². The first kappa shape index (κ1) is 33.5. The van der Waals surface area contributed by atoms with E-state index in [1.807, 2.05) is 0 Å². The standard InChI is InChI=1S/C22H42N8O7/c1-12(2)17(30-18(33)13(24)6-3-4-10-23)20(35)28-14(7-5-11-27-22(25)26)19(34)29-15(21(36)37)8-9-16(31)32/h12-15,17H,3-11,23-24H2,1-2H3,(H,28,35)(H,29,34)(H,30,33)(H,31,32)(H,36,37)(H4,25,26,27). The number of guanidine groups is 1. The first-order chi connectivity index (χ1) is 17.3. The number of carboxylic acids is 2. The number of unbranched alkanes of at least 4 members (excludes halogenated alkanes) is 1. The smallest absolute Gasteiger partial charge is 0.326 e. The van der Waals surface area contributed by atoms with Crippen molar-refractivity contribution in [1.82, 2.24) is 16.0 Å². The van der Waals surface area contributed by atoms with Crippen LogP contribution < -0.4 is 38.9 Å². The van der Waals surface area contributed by atoms with Crippen molar-refractivity contribution in [3.63, 3.8) is 0 Å². The second kappa shape index (κ2) is 17.9. The topological polar surface area (TPSA) is 278 Å². The molecule has 0 radical (unpaired) electrons. The fourth-order valence-electron chi connectivity index (χ4n) is 3.27. The van der Waals surface area contributed by atoms with E-state index in [2.05, 4.69) is 20.9 Å². The van der Waals surface area contributed by atoms with Gasteiger partial charge in [0.25, 0.3) is 0 Å². The molecule has 0 aliphatic rings. The van der Waals surface area contributed by atoms with Crippen molar-refractivity contribution in [3.8, 4) is 0 Å². The van der Waals surface area contributed by atoms with E-state index >= 15 is 0 Å². The predicted octanol–water partition coefficient (Wildman–Crippen LogP) is -2.44. The van der Waals surface area contributed by atoms with Crippen molar-refractivity contribution >= 4 is 35.6 Å². The van der Waals surface area contributed by atoms with Gasteiger partial charge in [-0.05, 0) is 44.6 Å². The zero-order valence-corrected chi connectivity index (χ0v) is 21.4. The van der Waals surface area contributed by atoms with Gasteiger partial charge in [-0.25, -0.2) is 4.79 Å². The van der Waals surface area contributed by atoms with Gasteiger partial charge >= 0.3 is 11.9 Å². The summed E-state index contributed by atoms with van der Waals surface area (Å²) >= 11 is 0. The SMILES string of the molecule is CC(C)C(NC(=O)C(N)CCCCN)C(=O)NC(CCCN=C(N)N)C(=O)NC(CCC(=O)O)C(=O)O. The average molecular weight is 531 g/mol. The lowest BCUT2D eigenvalue weighted by atomic mass is 10.0. The van der Waals surface area contributed by atoms with Crippen LogP contribution in [0.5, 0.6) is 0 Å². The number of amides is 3. The Balaban J connectivity index is 5.52. The summed E-state index contributed by atoms with van der Waals surface area (Å²) in [5, 5.41) is 25.6. The molecule has 0 aromatic carbocycles. The van der Waals surface area contributed by atoms with Gasteiger partial charge < -0.3 is 49.1 Å². The molecule has 0 aromatic heterocycles. The van der Waals surface area contributed by atoms with Crippen molar-refractivity contribution in [1.29, 1.82) is 0 Å². The molecule has 0 saturated carbocycles. The number of rotatable bonds is 19. The molecule has 0 fully saturated rings. The molecule has 0 aromatic rings. The molecular weight excluding hydrogens is 488 g/mol. The van der Waals surface area contributed by atoms with Crippen LogP contribution in [0.25, 0.3) is 0 Å². The number of aliphatic imine (C=N–C) groups is 1. The second-order valence-electron chi connectivity index (χ2n) is 8.96. The van der Waals surface area contributed by atoms with Gasteiger partial charge in [0.1, 0.15) is 18.1 Å². The van der Waals surface area contributed by atoms with Crippen LogP contribution in [0, 0.1) is 5.92 Å². The molecule has 0 aliphatic carbocycles. The van der Waals surface area contributed by atoms with Crippen LogP contribution in [0.15, 0.2) is 4.99 Å². The minimum atomic E-state index is -1.48. The quantitative estimate of drug-likeness (QED) is 0.0480. The Morgan fingerprint density at radius 3 is 1.95 bits per heavy atom. The van der Waals surface area contributed by atoms with E-state index in [-0.39, 0.29) is 37.7 Å². The number of carboxylic acid groups (broad SMARTS) is 2. The van der Waals surface area contributed by atoms with E-state index in [0.29, 0.717) is 25.8 Å². The first-order valence-corrected chi connectivity index (χ1v) is 12.2. The first-order valence-electron chi connectivity index (χ1n) is 12.2. The van der Waals surface area contributed by atoms with E-state index in [1.165, 1.54) is 0 Å². The Labute approximate surface area is 216 Å². The van der Waals surface area contributed by atoms with E-state index < -0.39 is 60.2 Å². The molecule has 0 bridgehead atoms. The fourth-order valence-corrected chi connectivity index (χ4v) is 3.27. The lowest BCUT2D eigenvalue weighted by Crippen LogP contribution is -2.58. The molecule has 0 spiro atoms. The molecule has 4 unspecified atom stereocenters. The summed E-state index contributed by atoms with van der Waals surface area (Å²) in [7, 11) is 0. The highest BCUT2D eigenvalue weighted by atomic mass is 16.4. The third kappa shape index (κ3) is 14.6. The van der Waals surface area contributed by atoms with Crippen LogP contribution in [0.3, 0.4) is 0 Å². The van der Waals surface area contributed by atoms with Crippen LogP contribution in [-0.4, -0.2) is 83.1 Å². The maximum Gasteiger partial charge on any atom is 0.326 e. The summed E-state index contributed by atoms with van der Waals surface area (Å²) in [4.78, 5) is 64.6. The zero-order chi connectivity index (χ0) is 28.5. The van der Waals surface area contributed by atoms with Crippen LogP contribution in [0.2, 0.25) is 0 Å². The molecular formula is C22H42N8O7. The van der Waals surface area contributed by atoms with Gasteiger partial charge in [-0.3, -0.25) is 24.2 Å². The summed E-state index contributed by atoms with van der Waals surface area (Å²) in [5.41, 5.74) is 22.0. The predicted molar refractivity (Wildman–Crippen MR) is 136 cm³/mol. The molecule has 4 atom stereocenters. The number of aliphatic carboxylic acids is 2. The number of nitrogens with zero attached hydrogens (tertiary/aromatic N) is 1. The van der Waals surface area contributed by atoms with Crippen molar-refractivity contribution in [2.75, 3.05) is 13.1 Å². The second-order valence-corrected chi connectivity index (χ2v) is 8.96. The van der Waals surface area contributed by atoms with Crippen LogP contribution >= 0.6 is 0 Å². The molecule has 0 rings (SSSR count). The van der Waals surface area contributed by atoms with Crippen LogP contribution in [-0.2, 0) is 24.0 Å². The van der Waals surface area contributed by atoms with Crippen molar-refractivity contribution in [2.24, 2.45) is 33.8 Å². The van der Waals surface area contributed by atoms with Gasteiger partial charge in [0, 0.05) is 13.0 Å². The summed E-state index contributed by atoms with van der Waals surface area (Å²) in [6.07, 6.45) is 1.20. The highest BCUT2D eigenvalue weighted by Gasteiger charge is 2.31. The number of carbonyl (C=O) groups excluding carboxylic acids is 3. The van der Waals surface area contributed by atoms with Crippen molar-refractivity contribution in [2.45, 2.75) is 83.0 Å².